The Kier molecular flexibility index (Phi) is 3.86. The molecule has 0 bridgehead atoms. The number of pyridine rings is 1. The molecule has 1 aliphatic heterocycles. The number of amidine groups is 1. The van der Waals surface area contributed by atoms with Gasteiger partial charge in [0.25, 0.3) is 0 Å². The van der Waals surface area contributed by atoms with Gasteiger partial charge in [0.1, 0.15) is 0 Å². The molecular formula is C11H15N3O2S. The summed E-state index contributed by atoms with van der Waals surface area (Å²) in [4.78, 5) is 5.00. The highest BCUT2D eigenvalue weighted by molar-refractivity contribution is 8.00. The summed E-state index contributed by atoms with van der Waals surface area (Å²) in [7, 11) is 0. The normalized spacial score (nSPS) is 25.1. The van der Waals surface area contributed by atoms with Crippen molar-refractivity contribution in [1.82, 2.24) is 4.98 Å². The summed E-state index contributed by atoms with van der Waals surface area (Å²) in [6.07, 6.45) is 4.60. The van der Waals surface area contributed by atoms with E-state index in [4.69, 9.17) is 15.7 Å². The summed E-state index contributed by atoms with van der Waals surface area (Å²) in [6.45, 7) is 2.85. The number of thioether (sulfide) groups is 1. The quantitative estimate of drug-likeness (QED) is 0.369. The lowest BCUT2D eigenvalue weighted by molar-refractivity contribution is 0.127. The summed E-state index contributed by atoms with van der Waals surface area (Å²) in [5.74, 6) is 0.112. The van der Waals surface area contributed by atoms with Crippen LogP contribution in [-0.2, 0) is 4.74 Å². The lowest BCUT2D eigenvalue weighted by atomic mass is 10.2. The molecule has 2 atom stereocenters. The molecule has 0 amide bonds. The minimum absolute atomic E-state index is 0.112. The van der Waals surface area contributed by atoms with Crippen LogP contribution in [0.15, 0.2) is 28.5 Å². The Bertz CT molecular complexity index is 425. The fourth-order valence-electron chi connectivity index (χ4n) is 1.77. The van der Waals surface area contributed by atoms with Crippen LogP contribution >= 0.6 is 11.8 Å². The Morgan fingerprint density at radius 2 is 2.53 bits per heavy atom. The van der Waals surface area contributed by atoms with Gasteiger partial charge in [0.05, 0.1) is 6.10 Å². The lowest BCUT2D eigenvalue weighted by Crippen LogP contribution is -2.17. The van der Waals surface area contributed by atoms with Crippen LogP contribution in [0.5, 0.6) is 0 Å². The first-order valence-corrected chi connectivity index (χ1v) is 6.30. The van der Waals surface area contributed by atoms with Gasteiger partial charge < -0.3 is 15.7 Å². The second kappa shape index (κ2) is 5.37. The molecule has 3 N–H and O–H groups in total. The highest BCUT2D eigenvalue weighted by Gasteiger charge is 2.26. The van der Waals surface area contributed by atoms with Crippen LogP contribution in [0.3, 0.4) is 0 Å². The van der Waals surface area contributed by atoms with Crippen LogP contribution in [0.4, 0.5) is 0 Å². The van der Waals surface area contributed by atoms with Crippen LogP contribution in [0.2, 0.25) is 0 Å². The van der Waals surface area contributed by atoms with Gasteiger partial charge in [0.15, 0.2) is 5.84 Å². The zero-order valence-electron chi connectivity index (χ0n) is 9.54. The van der Waals surface area contributed by atoms with Gasteiger partial charge in [-0.2, -0.15) is 0 Å². The second-order valence-electron chi connectivity index (χ2n) is 3.88. The van der Waals surface area contributed by atoms with Crippen molar-refractivity contribution >= 4 is 17.6 Å². The maximum atomic E-state index is 8.73. The zero-order chi connectivity index (χ0) is 12.3. The summed E-state index contributed by atoms with van der Waals surface area (Å²) in [6, 6.07) is 1.75. The van der Waals surface area contributed by atoms with Gasteiger partial charge >= 0.3 is 0 Å². The van der Waals surface area contributed by atoms with Crippen molar-refractivity contribution in [2.75, 3.05) is 6.61 Å². The SMILES string of the molecule is CC1OCCC1Sc1cnccc1/C(N)=N/O. The molecule has 0 aliphatic carbocycles. The molecule has 1 aromatic heterocycles. The molecule has 1 aliphatic rings. The molecule has 2 heterocycles. The van der Waals surface area contributed by atoms with Gasteiger partial charge in [-0.1, -0.05) is 5.16 Å². The fourth-order valence-corrected chi connectivity index (χ4v) is 3.00. The van der Waals surface area contributed by atoms with Crippen LogP contribution in [0, 0.1) is 0 Å². The summed E-state index contributed by atoms with van der Waals surface area (Å²) in [5, 5.41) is 12.2. The average molecular weight is 253 g/mol. The molecular weight excluding hydrogens is 238 g/mol. The van der Waals surface area contributed by atoms with E-state index in [1.807, 2.05) is 0 Å². The van der Waals surface area contributed by atoms with E-state index in [-0.39, 0.29) is 11.9 Å². The third kappa shape index (κ3) is 2.70. The number of nitrogens with two attached hydrogens (primary N) is 1. The molecule has 1 saturated heterocycles. The standard InChI is InChI=1S/C11H15N3O2S/c1-7-9(3-5-16-7)17-10-6-13-4-2-8(10)11(12)14-15/h2,4,6-7,9,15H,3,5H2,1H3,(H2,12,14). The van der Waals surface area contributed by atoms with Crippen LogP contribution in [0.25, 0.3) is 0 Å². The molecule has 1 fully saturated rings. The Balaban J connectivity index is 2.20. The molecule has 5 nitrogen and oxygen atoms in total. The third-order valence-corrected chi connectivity index (χ3v) is 4.25. The highest BCUT2D eigenvalue weighted by Crippen LogP contribution is 2.33. The monoisotopic (exact) mass is 253 g/mol. The number of aromatic nitrogens is 1. The van der Waals surface area contributed by atoms with E-state index in [2.05, 4.69) is 17.1 Å². The molecule has 6 heteroatoms. The zero-order valence-corrected chi connectivity index (χ0v) is 10.4. The maximum Gasteiger partial charge on any atom is 0.171 e. The predicted octanol–water partition coefficient (Wildman–Crippen LogP) is 1.45. The molecule has 0 saturated carbocycles. The first-order valence-electron chi connectivity index (χ1n) is 5.42. The molecule has 0 radical (unpaired) electrons. The first kappa shape index (κ1) is 12.2. The van der Waals surface area contributed by atoms with Crippen molar-refractivity contribution in [3.63, 3.8) is 0 Å². The maximum absolute atomic E-state index is 8.73. The Morgan fingerprint density at radius 1 is 1.71 bits per heavy atom. The van der Waals surface area contributed by atoms with Gasteiger partial charge in [0.2, 0.25) is 0 Å². The van der Waals surface area contributed by atoms with Gasteiger partial charge in [-0.3, -0.25) is 4.98 Å². The van der Waals surface area contributed by atoms with E-state index in [1.165, 1.54) is 0 Å². The minimum Gasteiger partial charge on any atom is -0.409 e. The minimum atomic E-state index is 0.112. The Labute approximate surface area is 104 Å². The summed E-state index contributed by atoms with van der Waals surface area (Å²) < 4.78 is 5.51. The van der Waals surface area contributed by atoms with Crippen molar-refractivity contribution in [1.29, 1.82) is 0 Å². The van der Waals surface area contributed by atoms with E-state index < -0.39 is 0 Å². The predicted molar refractivity (Wildman–Crippen MR) is 66.4 cm³/mol. The average Bonchev–Trinajstić information content (AvgIpc) is 2.75. The van der Waals surface area contributed by atoms with Crippen molar-refractivity contribution in [3.05, 3.63) is 24.0 Å². The molecule has 92 valence electrons. The number of hydrogen-bond donors (Lipinski definition) is 2. The number of hydrogen-bond acceptors (Lipinski definition) is 5. The topological polar surface area (TPSA) is 80.7 Å². The van der Waals surface area contributed by atoms with Crippen LogP contribution in [0.1, 0.15) is 18.9 Å². The number of ether oxygens (including phenoxy) is 1. The van der Waals surface area contributed by atoms with E-state index in [9.17, 15) is 0 Å². The van der Waals surface area contributed by atoms with Gasteiger partial charge in [-0.25, -0.2) is 0 Å². The molecule has 17 heavy (non-hydrogen) atoms. The number of oxime groups is 1. The van der Waals surface area contributed by atoms with Crippen molar-refractivity contribution in [3.8, 4) is 0 Å². The van der Waals surface area contributed by atoms with Crippen molar-refractivity contribution in [2.24, 2.45) is 10.9 Å². The largest absolute Gasteiger partial charge is 0.409 e. The van der Waals surface area contributed by atoms with Gasteiger partial charge in [0, 0.05) is 34.7 Å². The molecule has 2 unspecified atom stereocenters. The second-order valence-corrected chi connectivity index (χ2v) is 5.16. The highest BCUT2D eigenvalue weighted by atomic mass is 32.2. The van der Waals surface area contributed by atoms with Gasteiger partial charge in [-0.05, 0) is 19.4 Å². The van der Waals surface area contributed by atoms with E-state index in [0.717, 1.165) is 17.9 Å². The molecule has 0 aromatic carbocycles. The van der Waals surface area contributed by atoms with E-state index in [1.54, 1.807) is 30.2 Å². The van der Waals surface area contributed by atoms with Crippen LogP contribution in [-0.4, -0.2) is 34.0 Å². The summed E-state index contributed by atoms with van der Waals surface area (Å²) >= 11 is 1.67. The van der Waals surface area contributed by atoms with E-state index >= 15 is 0 Å². The van der Waals surface area contributed by atoms with Crippen molar-refractivity contribution in [2.45, 2.75) is 29.6 Å². The van der Waals surface area contributed by atoms with Gasteiger partial charge in [-0.15, -0.1) is 11.8 Å². The molecule has 2 rings (SSSR count). The summed E-state index contributed by atoms with van der Waals surface area (Å²) in [5.41, 5.74) is 6.35. The Morgan fingerprint density at radius 3 is 3.18 bits per heavy atom. The number of nitrogens with zero attached hydrogens (tertiary/aromatic N) is 2. The lowest BCUT2D eigenvalue weighted by Gasteiger charge is -2.15. The van der Waals surface area contributed by atoms with E-state index in [0.29, 0.717) is 10.8 Å². The number of rotatable bonds is 3. The molecule has 1 aromatic rings. The van der Waals surface area contributed by atoms with Crippen LogP contribution < -0.4 is 5.73 Å². The fraction of sp³-hybridized carbons (Fsp3) is 0.455. The molecule has 0 spiro atoms. The van der Waals surface area contributed by atoms with Crippen molar-refractivity contribution < 1.29 is 9.94 Å². The Hall–Kier alpha value is -1.27. The smallest absolute Gasteiger partial charge is 0.171 e. The third-order valence-electron chi connectivity index (χ3n) is 2.75. The first-order chi connectivity index (χ1) is 8.22.